The fourth-order valence-corrected chi connectivity index (χ4v) is 1.97. The van der Waals surface area contributed by atoms with Crippen LogP contribution in [0.15, 0.2) is 30.3 Å². The predicted molar refractivity (Wildman–Crippen MR) is 51.5 cm³/mol. The second kappa shape index (κ2) is 1.89. The summed E-state index contributed by atoms with van der Waals surface area (Å²) >= 11 is 0. The predicted octanol–water partition coefficient (Wildman–Crippen LogP) is 3.05. The van der Waals surface area contributed by atoms with E-state index >= 15 is 0 Å². The van der Waals surface area contributed by atoms with Gasteiger partial charge in [0.2, 0.25) is 0 Å². The van der Waals surface area contributed by atoms with Crippen LogP contribution in [0.4, 0.5) is 0 Å². The Morgan fingerprint density at radius 2 is 1.92 bits per heavy atom. The van der Waals surface area contributed by atoms with E-state index in [1.54, 1.807) is 0 Å². The highest BCUT2D eigenvalue weighted by molar-refractivity contribution is 5.90. The van der Waals surface area contributed by atoms with E-state index in [9.17, 15) is 0 Å². The smallest absolute Gasteiger partial charge is 0.00192 e. The van der Waals surface area contributed by atoms with E-state index in [0.29, 0.717) is 0 Å². The number of aryl methyl sites for hydroxylation is 1. The zero-order valence-corrected chi connectivity index (χ0v) is 7.09. The molecule has 0 saturated carbocycles. The first-order valence-electron chi connectivity index (χ1n) is 4.35. The van der Waals surface area contributed by atoms with Crippen LogP contribution in [-0.4, -0.2) is 0 Å². The van der Waals surface area contributed by atoms with Gasteiger partial charge in [-0.1, -0.05) is 35.9 Å². The highest BCUT2D eigenvalue weighted by atomic mass is 14.2. The molecule has 2 bridgehead atoms. The minimum Gasteiger partial charge on any atom is -0.0587 e. The average molecular weight is 154 g/mol. The molecular weight excluding hydrogens is 144 g/mol. The Kier molecular flexibility index (Phi) is 0.984. The van der Waals surface area contributed by atoms with Gasteiger partial charge in [0.15, 0.2) is 0 Å². The van der Waals surface area contributed by atoms with Crippen molar-refractivity contribution in [1.29, 1.82) is 0 Å². The number of hydrogen-bond acceptors (Lipinski definition) is 0. The summed E-state index contributed by atoms with van der Waals surface area (Å²) in [6.07, 6.45) is 1.19. The lowest BCUT2D eigenvalue weighted by Gasteiger charge is -2.18. The zero-order chi connectivity index (χ0) is 8.13. The van der Waals surface area contributed by atoms with E-state index in [4.69, 9.17) is 0 Å². The van der Waals surface area contributed by atoms with Crippen LogP contribution in [-0.2, 0) is 6.42 Å². The lowest BCUT2D eigenvalue weighted by molar-refractivity contribution is 1.12. The van der Waals surface area contributed by atoms with Gasteiger partial charge in [-0.3, -0.25) is 0 Å². The van der Waals surface area contributed by atoms with Crippen molar-refractivity contribution in [2.24, 2.45) is 0 Å². The Bertz CT molecular complexity index is 456. The van der Waals surface area contributed by atoms with E-state index in [2.05, 4.69) is 37.3 Å². The van der Waals surface area contributed by atoms with Crippen LogP contribution in [0, 0.1) is 6.92 Å². The van der Waals surface area contributed by atoms with Crippen LogP contribution >= 0.6 is 0 Å². The van der Waals surface area contributed by atoms with Crippen molar-refractivity contribution in [2.75, 3.05) is 0 Å². The third-order valence-corrected chi connectivity index (χ3v) is 2.65. The Hall–Kier alpha value is -1.30. The molecule has 12 heavy (non-hydrogen) atoms. The average Bonchev–Trinajstić information content (AvgIpc) is 2.01. The summed E-state index contributed by atoms with van der Waals surface area (Å²) < 4.78 is 0. The SMILES string of the molecule is Cc1ccc2c3cc(cc2c1)C3. The van der Waals surface area contributed by atoms with Gasteiger partial charge in [-0.25, -0.2) is 0 Å². The molecule has 0 fully saturated rings. The summed E-state index contributed by atoms with van der Waals surface area (Å²) in [5.74, 6) is 0. The Balaban J connectivity index is 2.49. The number of benzene rings is 2. The first-order valence-corrected chi connectivity index (χ1v) is 4.35. The molecular formula is C12H10. The first kappa shape index (κ1) is 6.24. The van der Waals surface area contributed by atoms with Crippen molar-refractivity contribution in [3.63, 3.8) is 0 Å². The molecule has 2 aromatic rings. The molecule has 2 aliphatic carbocycles. The normalized spacial score (nSPS) is 13.1. The van der Waals surface area contributed by atoms with Gasteiger partial charge >= 0.3 is 0 Å². The van der Waals surface area contributed by atoms with Gasteiger partial charge in [0.05, 0.1) is 0 Å². The van der Waals surface area contributed by atoms with E-state index in [-0.39, 0.29) is 0 Å². The molecule has 0 amide bonds. The van der Waals surface area contributed by atoms with E-state index in [1.165, 1.54) is 33.9 Å². The van der Waals surface area contributed by atoms with Crippen molar-refractivity contribution < 1.29 is 0 Å². The van der Waals surface area contributed by atoms with Crippen molar-refractivity contribution in [3.05, 3.63) is 47.0 Å². The molecule has 0 atom stereocenters. The molecule has 0 aliphatic heterocycles. The van der Waals surface area contributed by atoms with Gasteiger partial charge in [0, 0.05) is 0 Å². The van der Waals surface area contributed by atoms with Crippen molar-refractivity contribution >= 4 is 10.8 Å². The molecule has 0 aromatic heterocycles. The van der Waals surface area contributed by atoms with Crippen LogP contribution in [0.3, 0.4) is 0 Å². The first-order chi connectivity index (χ1) is 5.83. The van der Waals surface area contributed by atoms with E-state index in [1.807, 2.05) is 0 Å². The molecule has 2 aromatic carbocycles. The summed E-state index contributed by atoms with van der Waals surface area (Å²) in [4.78, 5) is 0. The van der Waals surface area contributed by atoms with Crippen LogP contribution in [0.5, 0.6) is 0 Å². The minimum atomic E-state index is 1.19. The molecule has 58 valence electrons. The molecule has 0 unspecified atom stereocenters. The molecule has 0 nitrogen and oxygen atoms in total. The van der Waals surface area contributed by atoms with Gasteiger partial charge in [-0.2, -0.15) is 0 Å². The molecule has 2 aliphatic rings. The summed E-state index contributed by atoms with van der Waals surface area (Å²) in [6, 6.07) is 11.3. The molecule has 0 N–H and O–H groups in total. The zero-order valence-electron chi connectivity index (χ0n) is 7.09. The van der Waals surface area contributed by atoms with Crippen LogP contribution < -0.4 is 0 Å². The lowest BCUT2D eigenvalue weighted by atomic mass is 9.87. The molecule has 0 spiro atoms. The van der Waals surface area contributed by atoms with Gasteiger partial charge < -0.3 is 0 Å². The van der Waals surface area contributed by atoms with Crippen molar-refractivity contribution in [2.45, 2.75) is 13.3 Å². The fourth-order valence-electron chi connectivity index (χ4n) is 1.97. The highest BCUT2D eigenvalue weighted by Crippen LogP contribution is 2.31. The third kappa shape index (κ3) is 0.672. The minimum absolute atomic E-state index is 1.19. The highest BCUT2D eigenvalue weighted by Gasteiger charge is 2.12. The summed E-state index contributed by atoms with van der Waals surface area (Å²) in [6.45, 7) is 2.15. The quantitative estimate of drug-likeness (QED) is 0.467. The standard InChI is InChI=1S/C12H10/c1-8-2-3-12-10(4-8)5-9-6-11(12)7-9/h2-6H,7H2,1H3. The Morgan fingerprint density at radius 1 is 1.08 bits per heavy atom. The van der Waals surface area contributed by atoms with Crippen LogP contribution in [0.2, 0.25) is 0 Å². The lowest BCUT2D eigenvalue weighted by Crippen LogP contribution is -2.01. The largest absolute Gasteiger partial charge is 0.0587 e. The fraction of sp³-hybridized carbons (Fsp3) is 0.167. The second-order valence-electron chi connectivity index (χ2n) is 3.66. The number of rotatable bonds is 0. The maximum Gasteiger partial charge on any atom is -0.00192 e. The maximum atomic E-state index is 2.30. The van der Waals surface area contributed by atoms with Gasteiger partial charge in [-0.15, -0.1) is 0 Å². The van der Waals surface area contributed by atoms with E-state index < -0.39 is 0 Å². The van der Waals surface area contributed by atoms with Crippen molar-refractivity contribution in [1.82, 2.24) is 0 Å². The Morgan fingerprint density at radius 3 is 2.75 bits per heavy atom. The number of hydrogen-bond donors (Lipinski definition) is 0. The van der Waals surface area contributed by atoms with Crippen LogP contribution in [0.1, 0.15) is 16.7 Å². The topological polar surface area (TPSA) is 0 Å². The summed E-state index contributed by atoms with van der Waals surface area (Å²) in [7, 11) is 0. The molecule has 0 saturated heterocycles. The monoisotopic (exact) mass is 154 g/mol. The summed E-state index contributed by atoms with van der Waals surface area (Å²) in [5, 5.41) is 2.85. The Labute approximate surface area is 71.8 Å². The summed E-state index contributed by atoms with van der Waals surface area (Å²) in [5.41, 5.74) is 4.36. The van der Waals surface area contributed by atoms with Gasteiger partial charge in [0.1, 0.15) is 0 Å². The van der Waals surface area contributed by atoms with Gasteiger partial charge in [-0.05, 0) is 35.2 Å². The molecule has 0 radical (unpaired) electrons. The molecule has 0 heterocycles. The third-order valence-electron chi connectivity index (χ3n) is 2.65. The van der Waals surface area contributed by atoms with Crippen LogP contribution in [0.25, 0.3) is 10.8 Å². The molecule has 4 rings (SSSR count). The second-order valence-corrected chi connectivity index (χ2v) is 3.66. The van der Waals surface area contributed by atoms with E-state index in [0.717, 1.165) is 0 Å². The van der Waals surface area contributed by atoms with Crippen molar-refractivity contribution in [3.8, 4) is 0 Å². The van der Waals surface area contributed by atoms with Gasteiger partial charge in [0.25, 0.3) is 0 Å². The molecule has 0 heteroatoms. The maximum absolute atomic E-state index is 2.30.